The summed E-state index contributed by atoms with van der Waals surface area (Å²) < 4.78 is 0. The zero-order chi connectivity index (χ0) is 13.9. The standard InChI is InChI=1S/C11H14N6S2/c1-12-10(18)16-13-7-8-14-17-11(19)15-9-5-3-2-4-6-9/h2-8H,1H3,(H2,12,16,18)(H2,15,17,19)/b13-7+,14-8+. The maximum atomic E-state index is 4.15. The van der Waals surface area contributed by atoms with E-state index in [0.29, 0.717) is 10.3 Å². The van der Waals surface area contributed by atoms with Crippen molar-refractivity contribution in [3.05, 3.63) is 30.3 Å². The number of benzene rings is 1. The van der Waals surface area contributed by atoms with Crippen molar-refractivity contribution in [1.82, 2.24) is 5.32 Å². The van der Waals surface area contributed by atoms with Crippen LogP contribution in [0.1, 0.15) is 0 Å². The van der Waals surface area contributed by atoms with Crippen molar-refractivity contribution >= 4 is 53.7 Å². The van der Waals surface area contributed by atoms with E-state index >= 15 is 0 Å². The zero-order valence-corrected chi connectivity index (χ0v) is 12.0. The minimum absolute atomic E-state index is 0.379. The Morgan fingerprint density at radius 2 is 1.58 bits per heavy atom. The normalized spacial score (nSPS) is 13.2. The molecule has 0 aliphatic heterocycles. The van der Waals surface area contributed by atoms with Crippen molar-refractivity contribution in [2.24, 2.45) is 20.4 Å². The van der Waals surface area contributed by atoms with Crippen molar-refractivity contribution < 1.29 is 0 Å². The first kappa shape index (κ1) is 15.3. The molecule has 0 aliphatic rings. The fourth-order valence-electron chi connectivity index (χ4n) is 0.961. The number of para-hydroxylation sites is 1. The van der Waals surface area contributed by atoms with E-state index in [0.717, 1.165) is 5.69 Å². The lowest BCUT2D eigenvalue weighted by atomic mass is 10.3. The van der Waals surface area contributed by atoms with Gasteiger partial charge in [0.05, 0.1) is 12.4 Å². The third kappa shape index (κ3) is 7.27. The van der Waals surface area contributed by atoms with Crippen LogP contribution < -0.4 is 10.6 Å². The lowest BCUT2D eigenvalue weighted by Crippen LogP contribution is -2.10. The summed E-state index contributed by atoms with van der Waals surface area (Å²) in [4.78, 5) is 0. The van der Waals surface area contributed by atoms with Gasteiger partial charge in [-0.1, -0.05) is 18.2 Å². The molecule has 8 heteroatoms. The third-order valence-corrected chi connectivity index (χ3v) is 2.27. The molecule has 19 heavy (non-hydrogen) atoms. The molecular formula is C11H14N6S2. The maximum Gasteiger partial charge on any atom is 0.184 e. The van der Waals surface area contributed by atoms with Gasteiger partial charge in [0, 0.05) is 12.7 Å². The Labute approximate surface area is 122 Å². The first-order valence-corrected chi connectivity index (χ1v) is 6.20. The first-order valence-electron chi connectivity index (χ1n) is 5.30. The van der Waals surface area contributed by atoms with Gasteiger partial charge in [0.2, 0.25) is 0 Å². The number of anilines is 1. The summed E-state index contributed by atoms with van der Waals surface area (Å²) in [5.74, 6) is 0. The van der Waals surface area contributed by atoms with Crippen LogP contribution in [-0.4, -0.2) is 29.8 Å². The van der Waals surface area contributed by atoms with Crippen molar-refractivity contribution in [2.45, 2.75) is 0 Å². The Morgan fingerprint density at radius 1 is 1.00 bits per heavy atom. The van der Waals surface area contributed by atoms with Crippen LogP contribution in [0.15, 0.2) is 50.7 Å². The fraction of sp³-hybridized carbons (Fsp3) is 0.0909. The van der Waals surface area contributed by atoms with E-state index in [2.05, 4.69) is 56.3 Å². The quantitative estimate of drug-likeness (QED) is 0.296. The first-order chi connectivity index (χ1) is 9.22. The van der Waals surface area contributed by atoms with Crippen LogP contribution in [-0.2, 0) is 0 Å². The van der Waals surface area contributed by atoms with Crippen molar-refractivity contribution in [1.29, 1.82) is 0 Å². The Balaban J connectivity index is 2.43. The second-order valence-corrected chi connectivity index (χ2v) is 3.96. The molecule has 6 nitrogen and oxygen atoms in total. The molecule has 1 aromatic rings. The molecule has 0 unspecified atom stereocenters. The predicted octanol–water partition coefficient (Wildman–Crippen LogP) is 1.86. The van der Waals surface area contributed by atoms with E-state index in [1.54, 1.807) is 7.05 Å². The van der Waals surface area contributed by atoms with Gasteiger partial charge in [0.15, 0.2) is 10.3 Å². The summed E-state index contributed by atoms with van der Waals surface area (Å²) in [5, 5.41) is 21.4. The van der Waals surface area contributed by atoms with Gasteiger partial charge in [0.25, 0.3) is 0 Å². The summed E-state index contributed by atoms with van der Waals surface area (Å²) in [5.41, 5.74) is 0.887. The molecule has 0 fully saturated rings. The van der Waals surface area contributed by atoms with E-state index in [-0.39, 0.29) is 0 Å². The van der Waals surface area contributed by atoms with E-state index in [9.17, 15) is 0 Å². The summed E-state index contributed by atoms with van der Waals surface area (Å²) in [6.45, 7) is 0. The topological polar surface area (TPSA) is 73.5 Å². The van der Waals surface area contributed by atoms with E-state index < -0.39 is 0 Å². The van der Waals surface area contributed by atoms with Gasteiger partial charge < -0.3 is 10.6 Å². The molecule has 2 N–H and O–H groups in total. The highest BCUT2D eigenvalue weighted by Gasteiger charge is 1.91. The molecular weight excluding hydrogens is 280 g/mol. The lowest BCUT2D eigenvalue weighted by Gasteiger charge is -2.01. The van der Waals surface area contributed by atoms with E-state index in [1.165, 1.54) is 12.4 Å². The van der Waals surface area contributed by atoms with E-state index in [1.807, 2.05) is 30.3 Å². The molecule has 0 aromatic heterocycles. The Bertz CT molecular complexity index is 495. The number of rotatable bonds is 4. The van der Waals surface area contributed by atoms with Crippen LogP contribution in [0.25, 0.3) is 0 Å². The van der Waals surface area contributed by atoms with Crippen molar-refractivity contribution in [3.8, 4) is 0 Å². The highest BCUT2D eigenvalue weighted by atomic mass is 32.1. The molecule has 0 radical (unpaired) electrons. The van der Waals surface area contributed by atoms with Gasteiger partial charge in [0.1, 0.15) is 0 Å². The number of hydrogen-bond donors (Lipinski definition) is 4. The lowest BCUT2D eigenvalue weighted by molar-refractivity contribution is 1.15. The van der Waals surface area contributed by atoms with Gasteiger partial charge in [-0.3, -0.25) is 0 Å². The van der Waals surface area contributed by atoms with Gasteiger partial charge in [-0.05, 0) is 12.1 Å². The summed E-state index contributed by atoms with van der Waals surface area (Å²) >= 11 is 8.12. The average Bonchev–Trinajstić information content (AvgIpc) is 2.43. The minimum atomic E-state index is 0.379. The zero-order valence-electron chi connectivity index (χ0n) is 10.2. The minimum Gasteiger partial charge on any atom is -0.366 e. The Morgan fingerprint density at radius 3 is 2.16 bits per heavy atom. The monoisotopic (exact) mass is 294 g/mol. The number of thiol groups is 2. The van der Waals surface area contributed by atoms with Crippen LogP contribution in [0.5, 0.6) is 0 Å². The molecule has 0 atom stereocenters. The molecule has 1 aromatic carbocycles. The maximum absolute atomic E-state index is 4.15. The van der Waals surface area contributed by atoms with Crippen LogP contribution in [0.3, 0.4) is 0 Å². The van der Waals surface area contributed by atoms with Crippen LogP contribution >= 0.6 is 25.3 Å². The number of amidine groups is 2. The summed E-state index contributed by atoms with van der Waals surface area (Å²) in [6, 6.07) is 9.55. The predicted molar refractivity (Wildman–Crippen MR) is 89.0 cm³/mol. The van der Waals surface area contributed by atoms with Gasteiger partial charge in [-0.25, -0.2) is 0 Å². The smallest absolute Gasteiger partial charge is 0.184 e. The van der Waals surface area contributed by atoms with Gasteiger partial charge >= 0.3 is 0 Å². The molecule has 0 amide bonds. The average molecular weight is 294 g/mol. The van der Waals surface area contributed by atoms with Crippen molar-refractivity contribution in [2.75, 3.05) is 12.4 Å². The van der Waals surface area contributed by atoms with Crippen LogP contribution in [0.4, 0.5) is 5.69 Å². The SMILES string of the molecule is CN/C(S)=N/N=C/C=N/N=C(\S)Nc1ccccc1. The number of nitrogens with zero attached hydrogens (tertiary/aromatic N) is 4. The second-order valence-electron chi connectivity index (χ2n) is 3.12. The van der Waals surface area contributed by atoms with Crippen LogP contribution in [0.2, 0.25) is 0 Å². The van der Waals surface area contributed by atoms with E-state index in [4.69, 9.17) is 0 Å². The Kier molecular flexibility index (Phi) is 7.37. The molecule has 0 bridgehead atoms. The molecule has 100 valence electrons. The van der Waals surface area contributed by atoms with Crippen molar-refractivity contribution in [3.63, 3.8) is 0 Å². The molecule has 0 spiro atoms. The molecule has 1 rings (SSSR count). The van der Waals surface area contributed by atoms with Gasteiger partial charge in [-0.2, -0.15) is 10.2 Å². The highest BCUT2D eigenvalue weighted by molar-refractivity contribution is 7.97. The number of hydrogen-bond acceptors (Lipinski definition) is 4. The largest absolute Gasteiger partial charge is 0.366 e. The number of nitrogens with one attached hydrogen (secondary N) is 2. The van der Waals surface area contributed by atoms with Crippen LogP contribution in [0, 0.1) is 0 Å². The summed E-state index contributed by atoms with van der Waals surface area (Å²) in [6.07, 6.45) is 2.78. The molecule has 0 heterocycles. The molecule has 0 saturated carbocycles. The highest BCUT2D eigenvalue weighted by Crippen LogP contribution is 2.05. The Hall–Kier alpha value is -1.80. The third-order valence-electron chi connectivity index (χ3n) is 1.76. The van der Waals surface area contributed by atoms with Gasteiger partial charge in [-0.15, -0.1) is 35.5 Å². The second kappa shape index (κ2) is 9.17. The molecule has 0 saturated heterocycles. The summed E-state index contributed by atoms with van der Waals surface area (Å²) in [7, 11) is 1.70. The molecule has 0 aliphatic carbocycles. The fourth-order valence-corrected chi connectivity index (χ4v) is 1.19.